The van der Waals surface area contributed by atoms with Gasteiger partial charge in [0.15, 0.2) is 11.6 Å². The number of hydrogen-bond donors (Lipinski definition) is 0. The molecule has 0 unspecified atom stereocenters. The van der Waals surface area contributed by atoms with E-state index >= 15 is 0 Å². The van der Waals surface area contributed by atoms with Crippen LogP contribution in [0, 0.1) is 47.1 Å². The first-order valence-corrected chi connectivity index (χ1v) is 12.7. The molecule has 2 aliphatic rings. The van der Waals surface area contributed by atoms with Gasteiger partial charge in [-0.05, 0) is 80.4 Å². The van der Waals surface area contributed by atoms with E-state index in [-0.39, 0.29) is 5.56 Å². The van der Waals surface area contributed by atoms with Gasteiger partial charge in [0, 0.05) is 5.56 Å². The molecule has 0 radical (unpaired) electrons. The highest BCUT2D eigenvalue weighted by atomic mass is 19.4. The maximum Gasteiger partial charge on any atom is 0.573 e. The molecule has 2 aliphatic carbocycles. The lowest BCUT2D eigenvalue weighted by atomic mass is 9.68. The summed E-state index contributed by atoms with van der Waals surface area (Å²) < 4.78 is 67.6. The second-order valence-corrected chi connectivity index (χ2v) is 9.90. The van der Waals surface area contributed by atoms with E-state index < -0.39 is 23.7 Å². The maximum absolute atomic E-state index is 13.8. The highest BCUT2D eigenvalue weighted by Gasteiger charge is 2.34. The fraction of sp³-hybridized carbons (Fsp3) is 0.643. The van der Waals surface area contributed by atoms with Gasteiger partial charge in [-0.25, -0.2) is 8.78 Å². The van der Waals surface area contributed by atoms with Gasteiger partial charge in [-0.1, -0.05) is 63.4 Å². The number of rotatable bonds is 7. The van der Waals surface area contributed by atoms with Crippen molar-refractivity contribution >= 4 is 0 Å². The minimum atomic E-state index is -5.16. The summed E-state index contributed by atoms with van der Waals surface area (Å²) in [7, 11) is 0. The van der Waals surface area contributed by atoms with Gasteiger partial charge in [0.2, 0.25) is 5.75 Å². The van der Waals surface area contributed by atoms with Crippen LogP contribution in [0.1, 0.15) is 89.5 Å². The molecule has 0 aliphatic heterocycles. The van der Waals surface area contributed by atoms with E-state index in [4.69, 9.17) is 0 Å². The first kappa shape index (κ1) is 26.6. The van der Waals surface area contributed by atoms with Gasteiger partial charge in [0.1, 0.15) is 0 Å². The van der Waals surface area contributed by atoms with E-state index in [9.17, 15) is 22.0 Å². The number of halogens is 5. The van der Waals surface area contributed by atoms with Crippen LogP contribution < -0.4 is 4.74 Å². The second-order valence-electron chi connectivity index (χ2n) is 9.90. The number of ether oxygens (including phenoxy) is 1. The molecule has 0 aromatic heterocycles. The molecule has 188 valence electrons. The highest BCUT2D eigenvalue weighted by molar-refractivity contribution is 5.42. The standard InChI is InChI=1S/C28H35F5O/c1-2-3-4-7-20-10-14-23(15-11-20)24-16-12-21(13-17-24)8-5-6-9-22-18-25(29)27(26(30)19-22)34-28(31,32)33/h5,8,18-21,23-24H,2-4,7,10-17H2,1H3. The minimum absolute atomic E-state index is 0.0387. The summed E-state index contributed by atoms with van der Waals surface area (Å²) in [5.74, 6) is 4.10. The van der Waals surface area contributed by atoms with Crippen LogP contribution in [-0.2, 0) is 0 Å². The fourth-order valence-electron chi connectivity index (χ4n) is 5.59. The highest BCUT2D eigenvalue weighted by Crippen LogP contribution is 2.42. The van der Waals surface area contributed by atoms with Gasteiger partial charge in [0.05, 0.1) is 0 Å². The van der Waals surface area contributed by atoms with Crippen molar-refractivity contribution < 1.29 is 26.7 Å². The van der Waals surface area contributed by atoms with Crippen molar-refractivity contribution in [1.82, 2.24) is 0 Å². The maximum atomic E-state index is 13.8. The van der Waals surface area contributed by atoms with E-state index in [1.54, 1.807) is 6.08 Å². The van der Waals surface area contributed by atoms with Gasteiger partial charge in [-0.15, -0.1) is 13.2 Å². The van der Waals surface area contributed by atoms with Crippen LogP contribution in [0.3, 0.4) is 0 Å². The van der Waals surface area contributed by atoms with Crippen molar-refractivity contribution in [2.45, 2.75) is 90.3 Å². The van der Waals surface area contributed by atoms with Crippen molar-refractivity contribution in [2.75, 3.05) is 0 Å². The quantitative estimate of drug-likeness (QED) is 0.214. The average Bonchev–Trinajstić information content (AvgIpc) is 2.80. The molecule has 0 atom stereocenters. The summed E-state index contributed by atoms with van der Waals surface area (Å²) in [6, 6.07) is 1.49. The number of allylic oxidation sites excluding steroid dienone is 2. The molecule has 0 heterocycles. The van der Waals surface area contributed by atoms with E-state index in [1.165, 1.54) is 64.2 Å². The molecule has 2 saturated carbocycles. The lowest BCUT2D eigenvalue weighted by Gasteiger charge is -2.37. The molecule has 1 nitrogen and oxygen atoms in total. The Bertz CT molecular complexity index is 840. The molecule has 0 spiro atoms. The molecule has 34 heavy (non-hydrogen) atoms. The number of unbranched alkanes of at least 4 members (excludes halogenated alkanes) is 2. The summed E-state index contributed by atoms with van der Waals surface area (Å²) in [6.45, 7) is 2.26. The molecule has 2 fully saturated rings. The van der Waals surface area contributed by atoms with Crippen LogP contribution in [0.4, 0.5) is 22.0 Å². The van der Waals surface area contributed by atoms with Gasteiger partial charge in [0.25, 0.3) is 0 Å². The molecule has 6 heteroatoms. The third kappa shape index (κ3) is 8.32. The predicted octanol–water partition coefficient (Wildman–Crippen LogP) is 8.96. The molecule has 1 aromatic rings. The Morgan fingerprint density at radius 2 is 1.50 bits per heavy atom. The summed E-state index contributed by atoms with van der Waals surface area (Å²) in [5, 5.41) is 0. The topological polar surface area (TPSA) is 9.23 Å². The van der Waals surface area contributed by atoms with E-state index in [2.05, 4.69) is 23.5 Å². The molecule has 0 amide bonds. The van der Waals surface area contributed by atoms with E-state index in [0.717, 1.165) is 42.7 Å². The first-order chi connectivity index (χ1) is 16.2. The van der Waals surface area contributed by atoms with Gasteiger partial charge in [-0.2, -0.15) is 0 Å². The monoisotopic (exact) mass is 482 g/mol. The zero-order chi connectivity index (χ0) is 24.6. The van der Waals surface area contributed by atoms with Gasteiger partial charge in [-0.3, -0.25) is 0 Å². The Labute approximate surface area is 200 Å². The van der Waals surface area contributed by atoms with Gasteiger partial charge < -0.3 is 4.74 Å². The predicted molar refractivity (Wildman–Crippen MR) is 124 cm³/mol. The SMILES string of the molecule is CCCCCC1CCC(C2CCC(C=CC#Cc3cc(F)c(OC(F)(F)F)c(F)c3)CC2)CC1. The molecule has 0 bridgehead atoms. The molecule has 1 aromatic carbocycles. The third-order valence-electron chi connectivity index (χ3n) is 7.47. The number of alkyl halides is 3. The van der Waals surface area contributed by atoms with Crippen LogP contribution in [-0.4, -0.2) is 6.36 Å². The fourth-order valence-corrected chi connectivity index (χ4v) is 5.59. The molecular formula is C28H35F5O. The van der Waals surface area contributed by atoms with Gasteiger partial charge >= 0.3 is 6.36 Å². The van der Waals surface area contributed by atoms with Crippen molar-refractivity contribution in [2.24, 2.45) is 23.7 Å². The minimum Gasteiger partial charge on any atom is -0.399 e. The average molecular weight is 483 g/mol. The molecular weight excluding hydrogens is 447 g/mol. The van der Waals surface area contributed by atoms with E-state index in [0.29, 0.717) is 5.92 Å². The van der Waals surface area contributed by atoms with Crippen LogP contribution in [0.2, 0.25) is 0 Å². The van der Waals surface area contributed by atoms with Crippen LogP contribution in [0.15, 0.2) is 24.3 Å². The normalized spacial score (nSPS) is 25.7. The van der Waals surface area contributed by atoms with Crippen LogP contribution in [0.5, 0.6) is 5.75 Å². The largest absolute Gasteiger partial charge is 0.573 e. The van der Waals surface area contributed by atoms with Crippen molar-refractivity contribution in [3.8, 4) is 17.6 Å². The van der Waals surface area contributed by atoms with Crippen LogP contribution in [0.25, 0.3) is 0 Å². The Hall–Kier alpha value is -2.03. The lowest BCUT2D eigenvalue weighted by molar-refractivity contribution is -0.276. The Morgan fingerprint density at radius 1 is 0.912 bits per heavy atom. The van der Waals surface area contributed by atoms with Crippen molar-refractivity contribution in [3.05, 3.63) is 41.5 Å². The zero-order valence-corrected chi connectivity index (χ0v) is 19.9. The Balaban J connectivity index is 1.43. The van der Waals surface area contributed by atoms with Crippen molar-refractivity contribution in [1.29, 1.82) is 0 Å². The lowest BCUT2D eigenvalue weighted by Crippen LogP contribution is -2.25. The second kappa shape index (κ2) is 12.6. The zero-order valence-electron chi connectivity index (χ0n) is 19.9. The van der Waals surface area contributed by atoms with E-state index in [1.807, 2.05) is 6.08 Å². The first-order valence-electron chi connectivity index (χ1n) is 12.7. The van der Waals surface area contributed by atoms with Crippen molar-refractivity contribution in [3.63, 3.8) is 0 Å². The number of benzene rings is 1. The summed E-state index contributed by atoms with van der Waals surface area (Å²) in [6.07, 6.45) is 14.3. The summed E-state index contributed by atoms with van der Waals surface area (Å²) in [5.41, 5.74) is -0.0387. The molecule has 3 rings (SSSR count). The summed E-state index contributed by atoms with van der Waals surface area (Å²) >= 11 is 0. The Kier molecular flexibility index (Phi) is 9.85. The summed E-state index contributed by atoms with van der Waals surface area (Å²) in [4.78, 5) is 0. The van der Waals surface area contributed by atoms with Crippen LogP contribution >= 0.6 is 0 Å². The number of hydrogen-bond acceptors (Lipinski definition) is 1. The molecule has 0 saturated heterocycles. The Morgan fingerprint density at radius 3 is 2.06 bits per heavy atom. The molecule has 0 N–H and O–H groups in total. The third-order valence-corrected chi connectivity index (χ3v) is 7.47. The smallest absolute Gasteiger partial charge is 0.399 e.